The first kappa shape index (κ1) is 18.4. The second-order valence-electron chi connectivity index (χ2n) is 5.69. The van der Waals surface area contributed by atoms with Crippen LogP contribution in [0.5, 0.6) is 0 Å². The topological polar surface area (TPSA) is 90.3 Å². The molecule has 1 atom stereocenters. The number of esters is 1. The van der Waals surface area contributed by atoms with E-state index in [-0.39, 0.29) is 11.3 Å². The molecule has 0 fully saturated rings. The van der Waals surface area contributed by atoms with E-state index in [0.717, 1.165) is 5.56 Å². The normalized spacial score (nSPS) is 11.6. The zero-order chi connectivity index (χ0) is 18.4. The lowest BCUT2D eigenvalue weighted by Crippen LogP contribution is -2.31. The highest BCUT2D eigenvalue weighted by molar-refractivity contribution is 5.96. The fourth-order valence-corrected chi connectivity index (χ4v) is 2.17. The third-order valence-electron chi connectivity index (χ3n) is 3.45. The van der Waals surface area contributed by atoms with Crippen LogP contribution in [-0.4, -0.2) is 27.8 Å². The summed E-state index contributed by atoms with van der Waals surface area (Å²) in [5, 5.41) is 6.66. The molecule has 2 aromatic rings. The molecule has 2 rings (SSSR count). The Morgan fingerprint density at radius 1 is 1.28 bits per heavy atom. The highest BCUT2D eigenvalue weighted by atomic mass is 16.5. The maximum atomic E-state index is 12.2. The molecule has 0 saturated heterocycles. The Balaban J connectivity index is 2.03. The summed E-state index contributed by atoms with van der Waals surface area (Å²) in [6, 6.07) is 9.85. The van der Waals surface area contributed by atoms with Crippen molar-refractivity contribution < 1.29 is 14.3 Å². The fourth-order valence-electron chi connectivity index (χ4n) is 2.17. The van der Waals surface area contributed by atoms with Gasteiger partial charge in [0, 0.05) is 18.3 Å². The molecule has 7 nitrogen and oxygen atoms in total. The van der Waals surface area contributed by atoms with Crippen molar-refractivity contribution in [2.24, 2.45) is 0 Å². The Labute approximate surface area is 145 Å². The molecule has 1 heterocycles. The Morgan fingerprint density at radius 2 is 2.04 bits per heavy atom. The molecule has 1 amide bonds. The number of ether oxygens (including phenoxy) is 1. The molecule has 25 heavy (non-hydrogen) atoms. The van der Waals surface area contributed by atoms with Gasteiger partial charge in [-0.25, -0.2) is 9.48 Å². The molecule has 1 aromatic heterocycles. The molecule has 132 valence electrons. The lowest BCUT2D eigenvalue weighted by molar-refractivity contribution is -0.123. The van der Waals surface area contributed by atoms with Crippen molar-refractivity contribution in [3.05, 3.63) is 58.0 Å². The van der Waals surface area contributed by atoms with Crippen LogP contribution in [0, 0.1) is 6.92 Å². The number of aryl methyl sites for hydroxylation is 2. The number of rotatable bonds is 6. The van der Waals surface area contributed by atoms with Gasteiger partial charge in [-0.2, -0.15) is 5.10 Å². The van der Waals surface area contributed by atoms with Gasteiger partial charge in [0.15, 0.2) is 11.8 Å². The van der Waals surface area contributed by atoms with Gasteiger partial charge in [0.05, 0.1) is 0 Å². The molecule has 0 aliphatic heterocycles. The van der Waals surface area contributed by atoms with Crippen LogP contribution in [0.15, 0.2) is 41.2 Å². The van der Waals surface area contributed by atoms with Crippen molar-refractivity contribution in [3.63, 3.8) is 0 Å². The Morgan fingerprint density at radius 3 is 2.72 bits per heavy atom. The lowest BCUT2D eigenvalue weighted by Gasteiger charge is -2.14. The number of hydrogen-bond donors (Lipinski definition) is 1. The molecule has 1 aromatic carbocycles. The predicted octanol–water partition coefficient (Wildman–Crippen LogP) is 2.15. The minimum Gasteiger partial charge on any atom is -0.448 e. The number of benzene rings is 1. The molecule has 0 spiro atoms. The standard InChI is InChI=1S/C18H21N3O4/c1-4-10-21-16(22)9-8-15(20-21)18(24)25-13(3)17(23)19-14-7-5-6-12(2)11-14/h5-9,11,13H,4,10H2,1-3H3,(H,19,23). The summed E-state index contributed by atoms with van der Waals surface area (Å²) in [5.41, 5.74) is 1.33. The van der Waals surface area contributed by atoms with Crippen molar-refractivity contribution in [3.8, 4) is 0 Å². The van der Waals surface area contributed by atoms with E-state index in [9.17, 15) is 14.4 Å². The summed E-state index contributed by atoms with van der Waals surface area (Å²) in [5.74, 6) is -1.20. The molecule has 0 saturated carbocycles. The van der Waals surface area contributed by atoms with Gasteiger partial charge in [0.1, 0.15) is 0 Å². The summed E-state index contributed by atoms with van der Waals surface area (Å²) in [7, 11) is 0. The van der Waals surface area contributed by atoms with Crippen molar-refractivity contribution >= 4 is 17.6 Å². The van der Waals surface area contributed by atoms with Gasteiger partial charge in [-0.15, -0.1) is 0 Å². The monoisotopic (exact) mass is 343 g/mol. The summed E-state index contributed by atoms with van der Waals surface area (Å²) in [4.78, 5) is 35.9. The highest BCUT2D eigenvalue weighted by Crippen LogP contribution is 2.11. The predicted molar refractivity (Wildman–Crippen MR) is 93.5 cm³/mol. The van der Waals surface area contributed by atoms with E-state index in [1.54, 1.807) is 6.07 Å². The third kappa shape index (κ3) is 5.00. The number of amides is 1. The number of nitrogens with zero attached hydrogens (tertiary/aromatic N) is 2. The molecular weight excluding hydrogens is 322 g/mol. The van der Waals surface area contributed by atoms with E-state index in [1.807, 2.05) is 32.0 Å². The van der Waals surface area contributed by atoms with Crippen molar-refractivity contribution in [1.82, 2.24) is 9.78 Å². The molecule has 1 N–H and O–H groups in total. The van der Waals surface area contributed by atoms with Crippen LogP contribution in [0.1, 0.15) is 36.3 Å². The summed E-state index contributed by atoms with van der Waals surface area (Å²) < 4.78 is 6.35. The van der Waals surface area contributed by atoms with Crippen molar-refractivity contribution in [2.75, 3.05) is 5.32 Å². The van der Waals surface area contributed by atoms with Crippen LogP contribution in [0.4, 0.5) is 5.69 Å². The second kappa shape index (κ2) is 8.23. The number of hydrogen-bond acceptors (Lipinski definition) is 5. The van der Waals surface area contributed by atoms with Gasteiger partial charge in [-0.1, -0.05) is 19.1 Å². The van der Waals surface area contributed by atoms with Gasteiger partial charge >= 0.3 is 5.97 Å². The first-order valence-corrected chi connectivity index (χ1v) is 8.07. The maximum absolute atomic E-state index is 12.2. The van der Waals surface area contributed by atoms with Crippen LogP contribution < -0.4 is 10.9 Å². The van der Waals surface area contributed by atoms with Crippen LogP contribution in [-0.2, 0) is 16.1 Å². The Kier molecular flexibility index (Phi) is 6.05. The van der Waals surface area contributed by atoms with E-state index < -0.39 is 18.0 Å². The second-order valence-corrected chi connectivity index (χ2v) is 5.69. The summed E-state index contributed by atoms with van der Waals surface area (Å²) >= 11 is 0. The lowest BCUT2D eigenvalue weighted by atomic mass is 10.2. The van der Waals surface area contributed by atoms with E-state index in [1.165, 1.54) is 23.7 Å². The minimum atomic E-state index is -0.999. The average molecular weight is 343 g/mol. The van der Waals surface area contributed by atoms with Gasteiger partial charge in [0.25, 0.3) is 11.5 Å². The number of carbonyl (C=O) groups is 2. The van der Waals surface area contributed by atoms with Crippen molar-refractivity contribution in [2.45, 2.75) is 39.8 Å². The molecular formula is C18H21N3O4. The van der Waals surface area contributed by atoms with Crippen molar-refractivity contribution in [1.29, 1.82) is 0 Å². The zero-order valence-corrected chi connectivity index (χ0v) is 14.5. The van der Waals surface area contributed by atoms with Gasteiger partial charge in [-0.05, 0) is 44.0 Å². The van der Waals surface area contributed by atoms with Crippen LogP contribution in [0.3, 0.4) is 0 Å². The molecule has 0 aliphatic rings. The molecule has 1 unspecified atom stereocenters. The first-order chi connectivity index (χ1) is 11.9. The highest BCUT2D eigenvalue weighted by Gasteiger charge is 2.20. The van der Waals surface area contributed by atoms with Crippen LogP contribution >= 0.6 is 0 Å². The SMILES string of the molecule is CCCn1nc(C(=O)OC(C)C(=O)Nc2cccc(C)c2)ccc1=O. The number of aromatic nitrogens is 2. The largest absolute Gasteiger partial charge is 0.448 e. The zero-order valence-electron chi connectivity index (χ0n) is 14.5. The average Bonchev–Trinajstić information content (AvgIpc) is 2.57. The Hall–Kier alpha value is -2.96. The number of anilines is 1. The van der Waals surface area contributed by atoms with Gasteiger partial charge in [-0.3, -0.25) is 9.59 Å². The van der Waals surface area contributed by atoms with Crippen LogP contribution in [0.2, 0.25) is 0 Å². The number of carbonyl (C=O) groups excluding carboxylic acids is 2. The third-order valence-corrected chi connectivity index (χ3v) is 3.45. The minimum absolute atomic E-state index is 0.0109. The fraction of sp³-hybridized carbons (Fsp3) is 0.333. The maximum Gasteiger partial charge on any atom is 0.359 e. The molecule has 7 heteroatoms. The first-order valence-electron chi connectivity index (χ1n) is 8.07. The van der Waals surface area contributed by atoms with Gasteiger partial charge in [0.2, 0.25) is 0 Å². The Bertz CT molecular complexity index is 829. The van der Waals surface area contributed by atoms with Gasteiger partial charge < -0.3 is 10.1 Å². The van der Waals surface area contributed by atoms with E-state index in [2.05, 4.69) is 10.4 Å². The molecule has 0 aliphatic carbocycles. The summed E-state index contributed by atoms with van der Waals surface area (Å²) in [6.07, 6.45) is -0.290. The number of nitrogens with one attached hydrogen (secondary N) is 1. The van der Waals surface area contributed by atoms with E-state index in [0.29, 0.717) is 18.7 Å². The smallest absolute Gasteiger partial charge is 0.359 e. The van der Waals surface area contributed by atoms with Crippen LogP contribution in [0.25, 0.3) is 0 Å². The molecule has 0 radical (unpaired) electrons. The quantitative estimate of drug-likeness (QED) is 0.812. The molecule has 0 bridgehead atoms. The summed E-state index contributed by atoms with van der Waals surface area (Å²) in [6.45, 7) is 5.70. The van der Waals surface area contributed by atoms with E-state index >= 15 is 0 Å². The van der Waals surface area contributed by atoms with E-state index in [4.69, 9.17) is 4.74 Å².